The molecule has 8 heteroatoms. The lowest BCUT2D eigenvalue weighted by Crippen LogP contribution is -2.34. The average Bonchev–Trinajstić information content (AvgIpc) is 2.86. The maximum Gasteiger partial charge on any atom is 0.416 e. The molecule has 1 unspecified atom stereocenters. The smallest absolute Gasteiger partial charge is 0.416 e. The van der Waals surface area contributed by atoms with Crippen molar-refractivity contribution in [1.82, 2.24) is 5.32 Å². The first-order valence-corrected chi connectivity index (χ1v) is 7.83. The van der Waals surface area contributed by atoms with Crippen molar-refractivity contribution in [3.05, 3.63) is 58.5 Å². The molecule has 140 valence electrons. The molecular weight excluding hydrogens is 351 g/mol. The Morgan fingerprint density at radius 1 is 1.23 bits per heavy atom. The van der Waals surface area contributed by atoms with Crippen molar-refractivity contribution >= 4 is 11.9 Å². The quantitative estimate of drug-likeness (QED) is 0.816. The molecule has 0 aliphatic carbocycles. The number of carboxylic acids is 1. The number of nitrogens with one attached hydrogen (secondary N) is 1. The number of halogens is 3. The molecule has 0 bridgehead atoms. The number of amides is 1. The highest BCUT2D eigenvalue weighted by Crippen LogP contribution is 2.29. The van der Waals surface area contributed by atoms with E-state index in [4.69, 9.17) is 9.52 Å². The Hall–Kier alpha value is -2.77. The van der Waals surface area contributed by atoms with E-state index in [1.807, 2.05) is 0 Å². The number of furan rings is 1. The molecule has 1 aromatic heterocycles. The van der Waals surface area contributed by atoms with Gasteiger partial charge >= 0.3 is 12.1 Å². The lowest BCUT2D eigenvalue weighted by atomic mass is 10.0. The number of carbonyl (C=O) groups is 2. The molecule has 26 heavy (non-hydrogen) atoms. The second-order valence-electron chi connectivity index (χ2n) is 6.06. The number of hydrogen-bond donors (Lipinski definition) is 2. The maximum absolute atomic E-state index is 12.6. The van der Waals surface area contributed by atoms with E-state index in [0.29, 0.717) is 17.5 Å². The van der Waals surface area contributed by atoms with Gasteiger partial charge in [0.05, 0.1) is 17.4 Å². The van der Waals surface area contributed by atoms with Gasteiger partial charge in [-0.3, -0.25) is 9.59 Å². The summed E-state index contributed by atoms with van der Waals surface area (Å²) >= 11 is 0. The summed E-state index contributed by atoms with van der Waals surface area (Å²) in [7, 11) is 0. The third kappa shape index (κ3) is 4.87. The number of aryl methyl sites for hydroxylation is 1. The van der Waals surface area contributed by atoms with E-state index >= 15 is 0 Å². The first-order chi connectivity index (χ1) is 12.1. The van der Waals surface area contributed by atoms with Crippen LogP contribution in [0.15, 0.2) is 34.9 Å². The van der Waals surface area contributed by atoms with Gasteiger partial charge < -0.3 is 14.8 Å². The summed E-state index contributed by atoms with van der Waals surface area (Å²) in [4.78, 5) is 23.2. The molecule has 2 N–H and O–H groups in total. The van der Waals surface area contributed by atoms with Crippen LogP contribution in [0.2, 0.25) is 0 Å². The van der Waals surface area contributed by atoms with E-state index < -0.39 is 30.0 Å². The summed E-state index contributed by atoms with van der Waals surface area (Å²) in [6.07, 6.45) is -3.16. The van der Waals surface area contributed by atoms with Crippen molar-refractivity contribution in [1.29, 1.82) is 0 Å². The van der Waals surface area contributed by atoms with E-state index in [0.717, 1.165) is 12.1 Å². The average molecular weight is 369 g/mol. The molecule has 0 spiro atoms. The summed E-state index contributed by atoms with van der Waals surface area (Å²) < 4.78 is 42.8. The van der Waals surface area contributed by atoms with Crippen LogP contribution in [-0.2, 0) is 23.8 Å². The Kier molecular flexibility index (Phi) is 5.74. The van der Waals surface area contributed by atoms with Crippen molar-refractivity contribution in [3.8, 4) is 0 Å². The zero-order valence-electron chi connectivity index (χ0n) is 14.2. The van der Waals surface area contributed by atoms with Crippen molar-refractivity contribution in [2.75, 3.05) is 0 Å². The third-order valence-electron chi connectivity index (χ3n) is 3.79. The molecule has 5 nitrogen and oxygen atoms in total. The maximum atomic E-state index is 12.6. The van der Waals surface area contributed by atoms with Crippen molar-refractivity contribution < 1.29 is 32.3 Å². The standard InChI is InChI=1S/C18H18F3NO4/c1-10-9-26-14(8-15(23)24)16(10)17(25)22-11(2)7-12-3-5-13(6-4-12)18(19,20)21/h3-6,9,11H,7-8H2,1-2H3,(H,22,25)(H,23,24). The van der Waals surface area contributed by atoms with Gasteiger partial charge in [-0.25, -0.2) is 0 Å². The van der Waals surface area contributed by atoms with Gasteiger partial charge in [0.1, 0.15) is 12.2 Å². The molecule has 0 aliphatic rings. The van der Waals surface area contributed by atoms with Crippen LogP contribution in [0.1, 0.15) is 39.7 Å². The summed E-state index contributed by atoms with van der Waals surface area (Å²) in [5.41, 5.74) is 0.595. The number of rotatable bonds is 6. The number of carbonyl (C=O) groups excluding carboxylic acids is 1. The Morgan fingerprint density at radius 3 is 2.38 bits per heavy atom. The predicted octanol–water partition coefficient (Wildman–Crippen LogP) is 3.59. The van der Waals surface area contributed by atoms with Crippen LogP contribution in [0, 0.1) is 6.92 Å². The highest BCUT2D eigenvalue weighted by Gasteiger charge is 2.30. The van der Waals surface area contributed by atoms with Crippen molar-refractivity contribution in [3.63, 3.8) is 0 Å². The number of aliphatic carboxylic acids is 1. The summed E-state index contributed by atoms with van der Waals surface area (Å²) in [6.45, 7) is 3.34. The first kappa shape index (κ1) is 19.6. The van der Waals surface area contributed by atoms with Crippen molar-refractivity contribution in [2.24, 2.45) is 0 Å². The second-order valence-corrected chi connectivity index (χ2v) is 6.06. The SMILES string of the molecule is Cc1coc(CC(=O)O)c1C(=O)NC(C)Cc1ccc(C(F)(F)F)cc1. The van der Waals surface area contributed by atoms with Crippen LogP contribution in [0.5, 0.6) is 0 Å². The van der Waals surface area contributed by atoms with Gasteiger partial charge in [-0.05, 0) is 38.0 Å². The van der Waals surface area contributed by atoms with Crippen LogP contribution in [0.3, 0.4) is 0 Å². The molecule has 0 radical (unpaired) electrons. The first-order valence-electron chi connectivity index (χ1n) is 7.83. The fraction of sp³-hybridized carbons (Fsp3) is 0.333. The van der Waals surface area contributed by atoms with E-state index in [1.54, 1.807) is 13.8 Å². The lowest BCUT2D eigenvalue weighted by molar-refractivity contribution is -0.138. The summed E-state index contributed by atoms with van der Waals surface area (Å²) in [5.74, 6) is -1.53. The number of alkyl halides is 3. The topological polar surface area (TPSA) is 79.5 Å². The fourth-order valence-electron chi connectivity index (χ4n) is 2.60. The molecule has 1 amide bonds. The molecular formula is C18H18F3NO4. The van der Waals surface area contributed by atoms with E-state index in [9.17, 15) is 22.8 Å². The van der Waals surface area contributed by atoms with Crippen molar-refractivity contribution in [2.45, 2.75) is 38.9 Å². The van der Waals surface area contributed by atoms with Crippen LogP contribution in [0.4, 0.5) is 13.2 Å². The Labute approximate surface area is 147 Å². The van der Waals surface area contributed by atoms with Gasteiger partial charge in [0.15, 0.2) is 0 Å². The highest BCUT2D eigenvalue weighted by atomic mass is 19.4. The molecule has 1 atom stereocenters. The summed E-state index contributed by atoms with van der Waals surface area (Å²) in [6, 6.07) is 4.35. The van der Waals surface area contributed by atoms with Gasteiger partial charge in [-0.1, -0.05) is 12.1 Å². The van der Waals surface area contributed by atoms with Gasteiger partial charge in [0.25, 0.3) is 5.91 Å². The lowest BCUT2D eigenvalue weighted by Gasteiger charge is -2.15. The largest absolute Gasteiger partial charge is 0.481 e. The number of carboxylic acid groups (broad SMARTS) is 1. The molecule has 0 aliphatic heterocycles. The number of benzene rings is 1. The fourth-order valence-corrected chi connectivity index (χ4v) is 2.60. The van der Waals surface area contributed by atoms with Gasteiger partial charge in [0.2, 0.25) is 0 Å². The molecule has 0 fully saturated rings. The summed E-state index contributed by atoms with van der Waals surface area (Å²) in [5, 5.41) is 11.6. The minimum Gasteiger partial charge on any atom is -0.481 e. The normalized spacial score (nSPS) is 12.7. The van der Waals surface area contributed by atoms with Gasteiger partial charge in [-0.2, -0.15) is 13.2 Å². The Morgan fingerprint density at radius 2 is 1.85 bits per heavy atom. The Balaban J connectivity index is 2.04. The molecule has 0 saturated heterocycles. The van der Waals surface area contributed by atoms with Crippen LogP contribution >= 0.6 is 0 Å². The van der Waals surface area contributed by atoms with Crippen LogP contribution in [-0.4, -0.2) is 23.0 Å². The van der Waals surface area contributed by atoms with E-state index in [1.165, 1.54) is 18.4 Å². The molecule has 1 heterocycles. The minimum atomic E-state index is -4.39. The monoisotopic (exact) mass is 369 g/mol. The van der Waals surface area contributed by atoms with Crippen LogP contribution in [0.25, 0.3) is 0 Å². The van der Waals surface area contributed by atoms with Crippen LogP contribution < -0.4 is 5.32 Å². The van der Waals surface area contributed by atoms with Gasteiger partial charge in [0, 0.05) is 11.6 Å². The van der Waals surface area contributed by atoms with E-state index in [2.05, 4.69) is 5.32 Å². The Bertz CT molecular complexity index is 794. The minimum absolute atomic E-state index is 0.0641. The highest BCUT2D eigenvalue weighted by molar-refractivity contribution is 5.97. The van der Waals surface area contributed by atoms with E-state index in [-0.39, 0.29) is 17.4 Å². The molecule has 2 rings (SSSR count). The molecule has 2 aromatic rings. The zero-order valence-corrected chi connectivity index (χ0v) is 14.2. The van der Waals surface area contributed by atoms with Gasteiger partial charge in [-0.15, -0.1) is 0 Å². The predicted molar refractivity (Wildman–Crippen MR) is 86.9 cm³/mol. The second kappa shape index (κ2) is 7.63. The molecule has 0 saturated carbocycles. The third-order valence-corrected chi connectivity index (χ3v) is 3.79. The number of hydrogen-bond acceptors (Lipinski definition) is 3. The molecule has 1 aromatic carbocycles. The zero-order chi connectivity index (χ0) is 19.5.